The van der Waals surface area contributed by atoms with Gasteiger partial charge in [-0.1, -0.05) is 0 Å². The lowest BCUT2D eigenvalue weighted by molar-refractivity contribution is -0.472. The Labute approximate surface area is 80.7 Å². The molecule has 0 aliphatic carbocycles. The molecule has 0 aliphatic rings. The third kappa shape index (κ3) is 2.04. The van der Waals surface area contributed by atoms with Crippen molar-refractivity contribution in [1.82, 2.24) is 0 Å². The van der Waals surface area contributed by atoms with Crippen LogP contribution in [0.15, 0.2) is 45.6 Å². The van der Waals surface area contributed by atoms with Gasteiger partial charge in [0, 0.05) is 0 Å². The number of hydrogen-bond acceptors (Lipinski definition) is 3. The van der Waals surface area contributed by atoms with E-state index in [0.717, 1.165) is 4.74 Å². The lowest BCUT2D eigenvalue weighted by Gasteiger charge is -1.99. The monoisotopic (exact) mass is 191 g/mol. The maximum atomic E-state index is 11.3. The molecule has 4 heteroatoms. The van der Waals surface area contributed by atoms with Crippen molar-refractivity contribution in [2.24, 2.45) is 0 Å². The second-order valence-corrected chi connectivity index (χ2v) is 2.80. The molecule has 0 aromatic carbocycles. The van der Waals surface area contributed by atoms with Crippen molar-refractivity contribution in [3.63, 3.8) is 0 Å². The molecule has 2 aromatic rings. The fourth-order valence-electron chi connectivity index (χ4n) is 1.11. The van der Waals surface area contributed by atoms with Crippen molar-refractivity contribution in [3.05, 3.63) is 53.5 Å². The summed E-state index contributed by atoms with van der Waals surface area (Å²) in [6, 6.07) is 6.94. The summed E-state index contributed by atoms with van der Waals surface area (Å²) in [4.78, 5) is 0. The summed E-state index contributed by atoms with van der Waals surface area (Å²) in [6.45, 7) is 0.188. The van der Waals surface area contributed by atoms with Crippen molar-refractivity contribution in [3.8, 4) is 0 Å². The molecule has 0 aliphatic heterocycles. The van der Waals surface area contributed by atoms with Crippen molar-refractivity contribution in [1.29, 1.82) is 0 Å². The predicted molar refractivity (Wildman–Crippen MR) is 49.9 cm³/mol. The van der Waals surface area contributed by atoms with Crippen LogP contribution in [0.5, 0.6) is 0 Å². The number of furan rings is 2. The normalized spacial score (nSPS) is 11.9. The molecule has 0 bridgehead atoms. The van der Waals surface area contributed by atoms with Gasteiger partial charge in [0.05, 0.1) is 12.5 Å². The fourth-order valence-corrected chi connectivity index (χ4v) is 1.11. The Balaban J connectivity index is 2.06. The Hall–Kier alpha value is -1.97. The van der Waals surface area contributed by atoms with E-state index in [1.165, 1.54) is 18.7 Å². The van der Waals surface area contributed by atoms with Gasteiger partial charge in [0.15, 0.2) is 11.5 Å². The number of nitrogens with zero attached hydrogens (tertiary/aromatic N) is 1. The zero-order chi connectivity index (χ0) is 9.80. The van der Waals surface area contributed by atoms with Crippen LogP contribution in [0.3, 0.4) is 0 Å². The van der Waals surface area contributed by atoms with E-state index in [9.17, 15) is 5.21 Å². The van der Waals surface area contributed by atoms with Crippen LogP contribution in [0.2, 0.25) is 0 Å². The highest BCUT2D eigenvalue weighted by Gasteiger charge is 2.02. The molecule has 0 saturated heterocycles. The molecule has 0 spiro atoms. The summed E-state index contributed by atoms with van der Waals surface area (Å²) in [7, 11) is 0. The summed E-state index contributed by atoms with van der Waals surface area (Å²) in [5.74, 6) is 1.16. The first-order chi connectivity index (χ1) is 6.84. The van der Waals surface area contributed by atoms with E-state index in [0.29, 0.717) is 11.5 Å². The van der Waals surface area contributed by atoms with Crippen LogP contribution >= 0.6 is 0 Å². The van der Waals surface area contributed by atoms with Crippen molar-refractivity contribution < 1.29 is 13.6 Å². The smallest absolute Gasteiger partial charge is 0.218 e. The average molecular weight is 191 g/mol. The lowest BCUT2D eigenvalue weighted by atomic mass is 10.4. The molecule has 0 fully saturated rings. The first-order valence-corrected chi connectivity index (χ1v) is 4.19. The van der Waals surface area contributed by atoms with Crippen molar-refractivity contribution in [2.45, 2.75) is 6.54 Å². The molecule has 2 aromatic heterocycles. The average Bonchev–Trinajstić information content (AvgIpc) is 2.76. The van der Waals surface area contributed by atoms with Crippen molar-refractivity contribution in [2.75, 3.05) is 0 Å². The molecule has 2 heterocycles. The van der Waals surface area contributed by atoms with Gasteiger partial charge in [0.1, 0.15) is 0 Å². The molecule has 0 radical (unpaired) electrons. The van der Waals surface area contributed by atoms with Crippen molar-refractivity contribution >= 4 is 6.21 Å². The Morgan fingerprint density at radius 2 is 2.00 bits per heavy atom. The van der Waals surface area contributed by atoms with E-state index in [1.807, 2.05) is 0 Å². The predicted octanol–water partition coefficient (Wildman–Crippen LogP) is 2.00. The molecule has 0 saturated carbocycles. The highest BCUT2D eigenvalue weighted by atomic mass is 16.5. The maximum absolute atomic E-state index is 11.3. The minimum Gasteiger partial charge on any atom is -0.623 e. The molecular weight excluding hydrogens is 182 g/mol. The third-order valence-electron chi connectivity index (χ3n) is 1.71. The Kier molecular flexibility index (Phi) is 2.36. The highest BCUT2D eigenvalue weighted by Crippen LogP contribution is 2.02. The Morgan fingerprint density at radius 3 is 2.64 bits per heavy atom. The van der Waals surface area contributed by atoms with Crippen LogP contribution in [0, 0.1) is 5.21 Å². The van der Waals surface area contributed by atoms with Crippen LogP contribution in [-0.2, 0) is 6.54 Å². The second kappa shape index (κ2) is 3.83. The first kappa shape index (κ1) is 8.62. The lowest BCUT2D eigenvalue weighted by Crippen LogP contribution is -2.04. The molecule has 4 nitrogen and oxygen atoms in total. The van der Waals surface area contributed by atoms with Gasteiger partial charge in [-0.05, 0) is 24.3 Å². The van der Waals surface area contributed by atoms with Gasteiger partial charge in [0.25, 0.3) is 0 Å². The minimum atomic E-state index is 0.188. The Morgan fingerprint density at radius 1 is 1.21 bits per heavy atom. The maximum Gasteiger partial charge on any atom is 0.218 e. The van der Waals surface area contributed by atoms with E-state index >= 15 is 0 Å². The fraction of sp³-hybridized carbons (Fsp3) is 0.100. The highest BCUT2D eigenvalue weighted by molar-refractivity contribution is 5.71. The molecular formula is C10H9NO3. The molecule has 0 N–H and O–H groups in total. The summed E-state index contributed by atoms with van der Waals surface area (Å²) in [6.07, 6.45) is 4.44. The summed E-state index contributed by atoms with van der Waals surface area (Å²) < 4.78 is 10.8. The van der Waals surface area contributed by atoms with Gasteiger partial charge in [0.2, 0.25) is 12.8 Å². The van der Waals surface area contributed by atoms with Gasteiger partial charge >= 0.3 is 0 Å². The van der Waals surface area contributed by atoms with E-state index in [-0.39, 0.29) is 6.54 Å². The number of hydrogen-bond donors (Lipinski definition) is 0. The van der Waals surface area contributed by atoms with E-state index in [1.54, 1.807) is 24.3 Å². The van der Waals surface area contributed by atoms with Crippen LogP contribution in [0.25, 0.3) is 0 Å². The van der Waals surface area contributed by atoms with Gasteiger partial charge < -0.3 is 14.0 Å². The quantitative estimate of drug-likeness (QED) is 0.322. The second-order valence-electron chi connectivity index (χ2n) is 2.80. The molecule has 0 amide bonds. The van der Waals surface area contributed by atoms with Crippen LogP contribution in [-0.4, -0.2) is 11.0 Å². The van der Waals surface area contributed by atoms with Crippen LogP contribution in [0.1, 0.15) is 11.5 Å². The van der Waals surface area contributed by atoms with Gasteiger partial charge in [-0.3, -0.25) is 0 Å². The van der Waals surface area contributed by atoms with Gasteiger partial charge in [-0.25, -0.2) is 4.74 Å². The largest absolute Gasteiger partial charge is 0.623 e. The molecule has 0 atom stereocenters. The molecule has 2 rings (SSSR count). The van der Waals surface area contributed by atoms with E-state index in [2.05, 4.69) is 0 Å². The topological polar surface area (TPSA) is 52.4 Å². The number of rotatable bonds is 3. The molecule has 14 heavy (non-hydrogen) atoms. The minimum absolute atomic E-state index is 0.188. The third-order valence-corrected chi connectivity index (χ3v) is 1.71. The zero-order valence-electron chi connectivity index (χ0n) is 7.42. The standard InChI is InChI=1S/C10H9NO3/c12-11(7-9-3-1-5-13-9)8-10-4-2-6-14-10/h1-7H,8H2/b11-7-. The number of hydroxylamine groups is 1. The molecule has 0 unspecified atom stereocenters. The Bertz CT molecular complexity index is 401. The van der Waals surface area contributed by atoms with Crippen LogP contribution in [0.4, 0.5) is 0 Å². The summed E-state index contributed by atoms with van der Waals surface area (Å²) in [5.41, 5.74) is 0. The zero-order valence-corrected chi connectivity index (χ0v) is 7.42. The molecule has 72 valence electrons. The summed E-state index contributed by atoms with van der Waals surface area (Å²) >= 11 is 0. The van der Waals surface area contributed by atoms with Gasteiger partial charge in [-0.2, -0.15) is 0 Å². The summed E-state index contributed by atoms with van der Waals surface area (Å²) in [5, 5.41) is 11.3. The van der Waals surface area contributed by atoms with Crippen LogP contribution < -0.4 is 0 Å². The van der Waals surface area contributed by atoms with E-state index in [4.69, 9.17) is 8.83 Å². The first-order valence-electron chi connectivity index (χ1n) is 4.19. The van der Waals surface area contributed by atoms with E-state index < -0.39 is 0 Å². The SMILES string of the molecule is [O-]/[N+](=C\c1ccco1)Cc1ccco1. The van der Waals surface area contributed by atoms with Gasteiger partial charge in [-0.15, -0.1) is 0 Å².